The van der Waals surface area contributed by atoms with Crippen LogP contribution in [0, 0.1) is 18.3 Å². The summed E-state index contributed by atoms with van der Waals surface area (Å²) in [5, 5.41) is 23.9. The minimum absolute atomic E-state index is 0.0746. The van der Waals surface area contributed by atoms with Gasteiger partial charge in [0.25, 0.3) is 17.7 Å². The monoisotopic (exact) mass is 1180 g/mol. The van der Waals surface area contributed by atoms with E-state index in [2.05, 4.69) is 46.5 Å². The van der Waals surface area contributed by atoms with Crippen molar-refractivity contribution < 1.29 is 51.8 Å². The van der Waals surface area contributed by atoms with Crippen molar-refractivity contribution in [3.63, 3.8) is 0 Å². The molecule has 25 heteroatoms. The average molecular weight is 1180 g/mol. The normalized spacial score (nSPS) is 13.8. The molecule has 1 saturated heterocycles. The van der Waals surface area contributed by atoms with Crippen molar-refractivity contribution in [2.75, 3.05) is 63.7 Å². The van der Waals surface area contributed by atoms with Crippen LogP contribution in [0.15, 0.2) is 116 Å². The van der Waals surface area contributed by atoms with E-state index in [1.54, 1.807) is 42.9 Å². The molecule has 0 aliphatic carbocycles. The number of pyridine rings is 4. The number of nitriles is 1. The Morgan fingerprint density at radius 2 is 1.56 bits per heavy atom. The minimum atomic E-state index is -3.22. The fourth-order valence-corrected chi connectivity index (χ4v) is 11.0. The number of hydrogen-bond donors (Lipinski definition) is 6. The Bertz CT molecular complexity index is 3560. The summed E-state index contributed by atoms with van der Waals surface area (Å²) in [5.74, 6) is -5.10. The summed E-state index contributed by atoms with van der Waals surface area (Å²) in [7, 11) is 4.13. The van der Waals surface area contributed by atoms with Gasteiger partial charge in [0.1, 0.15) is 24.4 Å². The van der Waals surface area contributed by atoms with Crippen LogP contribution >= 0.6 is 21.6 Å². The molecule has 0 saturated carbocycles. The molecule has 0 spiro atoms. The van der Waals surface area contributed by atoms with Gasteiger partial charge >= 0.3 is 6.09 Å². The van der Waals surface area contributed by atoms with E-state index in [9.17, 15) is 42.8 Å². The smallest absolute Gasteiger partial charge is 0.407 e. The molecule has 1 unspecified atom stereocenters. The maximum Gasteiger partial charge on any atom is 0.407 e. The average Bonchev–Trinajstić information content (AvgIpc) is 4.00. The number of carbonyl (C=O) groups is 6. The highest BCUT2D eigenvalue weighted by molar-refractivity contribution is 8.76. The molecule has 1 aliphatic rings. The Morgan fingerprint density at radius 1 is 0.810 bits per heavy atom. The number of fused-ring (bicyclic) bond motifs is 2. The molecule has 2 atom stereocenters. The fourth-order valence-electron chi connectivity index (χ4n) is 8.94. The van der Waals surface area contributed by atoms with Gasteiger partial charge in [-0.1, -0.05) is 63.5 Å². The largest absolute Gasteiger partial charge is 0.484 e. The number of nitrogens with zero attached hydrogens (tertiary/aromatic N) is 6. The molecule has 7 aromatic rings. The molecule has 7 N–H and O–H groups in total. The Labute approximate surface area is 490 Å². The number of likely N-dealkylation sites (tertiary alicyclic amines) is 1. The Kier molecular flexibility index (Phi) is 21.2. The number of hydrogen-bond acceptors (Lipinski definition) is 17. The molecule has 0 bridgehead atoms. The molecule has 436 valence electrons. The maximum absolute atomic E-state index is 14.0. The number of alkyl halides is 2. The SMILES string of the molecule is COc1ncc(-c2ccc3nccc(-c4ccc(COC(=O)NCCSSCC(NC(=O)COc5ccc6nccc(C(=O)NCC(=O)N7CC(F)(F)C[C@H]7C#N)c6c5)C(=O)NCCNC(=O)CCCc5ccc(C)cc5)nc4)c3c2)cc1N. The highest BCUT2D eigenvalue weighted by Gasteiger charge is 2.47. The van der Waals surface area contributed by atoms with Crippen molar-refractivity contribution in [2.45, 2.75) is 57.2 Å². The number of benzene rings is 3. The third-order valence-electron chi connectivity index (χ3n) is 13.3. The molecular weight excluding hydrogens is 1120 g/mol. The second-order valence-corrected chi connectivity index (χ2v) is 22.0. The lowest BCUT2D eigenvalue weighted by atomic mass is 9.98. The highest BCUT2D eigenvalue weighted by Crippen LogP contribution is 2.34. The summed E-state index contributed by atoms with van der Waals surface area (Å²) in [4.78, 5) is 96.6. The van der Waals surface area contributed by atoms with Gasteiger partial charge in [-0.25, -0.2) is 18.6 Å². The zero-order valence-corrected chi connectivity index (χ0v) is 47.5. The third-order valence-corrected chi connectivity index (χ3v) is 15.7. The zero-order valence-electron chi connectivity index (χ0n) is 45.8. The van der Waals surface area contributed by atoms with Crippen molar-refractivity contribution in [1.29, 1.82) is 5.26 Å². The van der Waals surface area contributed by atoms with E-state index in [-0.39, 0.29) is 49.2 Å². The van der Waals surface area contributed by atoms with Crippen LogP contribution in [0.4, 0.5) is 19.3 Å². The number of ether oxygens (including phenoxy) is 3. The van der Waals surface area contributed by atoms with Crippen LogP contribution in [0.2, 0.25) is 0 Å². The highest BCUT2D eigenvalue weighted by atomic mass is 33.1. The second kappa shape index (κ2) is 29.2. The van der Waals surface area contributed by atoms with Gasteiger partial charge in [-0.3, -0.25) is 38.9 Å². The molecular formula is C59H60F2N12O9S2. The molecule has 6 amide bonds. The van der Waals surface area contributed by atoms with Crippen LogP contribution in [-0.2, 0) is 36.9 Å². The standard InChI is InChI=1S/C59H60F2N12O9S2/c1-36-6-8-37(9-7-36)4-3-5-52(74)66-20-21-67-56(78)51(72-53(75)33-81-43-13-15-50-47(26-43)45(17-19-65-50)55(77)70-31-54(76)73-35-59(60,61)27-42(73)28-62)34-84-83-23-22-68-58(79)82-32-41-12-10-39(29-69-41)44-16-18-64-49-14-11-38(24-46(44)49)40-25-48(63)57(80-2)71-30-40/h6-19,24-26,29-30,42,51H,3-5,20-23,27,31-35,63H2,1-2H3,(H,66,74)(H,67,78)(H,68,79)(H,70,77)(H,72,75)/t42-,51?/m0/s1. The molecule has 0 radical (unpaired) electrons. The summed E-state index contributed by atoms with van der Waals surface area (Å²) in [5.41, 5.74) is 14.0. The van der Waals surface area contributed by atoms with Crippen LogP contribution in [-0.4, -0.2) is 136 Å². The van der Waals surface area contributed by atoms with Crippen LogP contribution in [0.5, 0.6) is 11.6 Å². The maximum atomic E-state index is 14.0. The molecule has 3 aromatic carbocycles. The van der Waals surface area contributed by atoms with E-state index < -0.39 is 73.8 Å². The predicted octanol–water partition coefficient (Wildman–Crippen LogP) is 6.72. The number of alkyl carbamates (subject to hydrolysis) is 1. The van der Waals surface area contributed by atoms with Gasteiger partial charge < -0.3 is 51.4 Å². The van der Waals surface area contributed by atoms with Gasteiger partial charge in [-0.2, -0.15) is 5.26 Å². The molecule has 5 heterocycles. The summed E-state index contributed by atoms with van der Waals surface area (Å²) in [6.07, 6.45) is 6.75. The number of nitrogens with two attached hydrogens (primary N) is 1. The first-order valence-electron chi connectivity index (χ1n) is 26.6. The molecule has 4 aromatic heterocycles. The van der Waals surface area contributed by atoms with Crippen molar-refractivity contribution in [3.8, 4) is 40.0 Å². The fraction of sp³-hybridized carbons (Fsp3) is 0.305. The van der Waals surface area contributed by atoms with E-state index in [4.69, 9.17) is 19.9 Å². The first-order chi connectivity index (χ1) is 40.6. The Hall–Kier alpha value is -9.15. The molecule has 8 rings (SSSR count). The molecule has 84 heavy (non-hydrogen) atoms. The van der Waals surface area contributed by atoms with Gasteiger partial charge in [-0.15, -0.1) is 0 Å². The summed E-state index contributed by atoms with van der Waals surface area (Å²) in [6, 6.07) is 26.6. The number of rotatable bonds is 26. The molecule has 1 aliphatic heterocycles. The summed E-state index contributed by atoms with van der Waals surface area (Å²) < 4.78 is 44.4. The topological polar surface area (TPSA) is 295 Å². The quantitative estimate of drug-likeness (QED) is 0.0242. The van der Waals surface area contributed by atoms with E-state index >= 15 is 0 Å². The number of amides is 6. The first-order valence-corrected chi connectivity index (χ1v) is 29.1. The zero-order chi connectivity index (χ0) is 59.6. The Morgan fingerprint density at radius 3 is 2.32 bits per heavy atom. The van der Waals surface area contributed by atoms with E-state index in [1.807, 2.05) is 61.5 Å². The summed E-state index contributed by atoms with van der Waals surface area (Å²) >= 11 is 0. The molecule has 21 nitrogen and oxygen atoms in total. The lowest BCUT2D eigenvalue weighted by Gasteiger charge is -2.19. The van der Waals surface area contributed by atoms with Crippen LogP contribution in [0.3, 0.4) is 0 Å². The van der Waals surface area contributed by atoms with E-state index in [0.29, 0.717) is 46.8 Å². The number of nitrogens with one attached hydrogen (secondary N) is 5. The summed E-state index contributed by atoms with van der Waals surface area (Å²) in [6.45, 7) is 0.270. The van der Waals surface area contributed by atoms with Gasteiger partial charge in [0.05, 0.1) is 54.2 Å². The number of methoxy groups -OCH3 is 1. The predicted molar refractivity (Wildman–Crippen MR) is 315 cm³/mol. The van der Waals surface area contributed by atoms with Crippen molar-refractivity contribution >= 4 is 84.7 Å². The van der Waals surface area contributed by atoms with Gasteiger partial charge in [-0.05, 0) is 91.1 Å². The van der Waals surface area contributed by atoms with Crippen molar-refractivity contribution in [3.05, 3.63) is 138 Å². The second-order valence-electron chi connectivity index (χ2n) is 19.4. The van der Waals surface area contributed by atoms with E-state index in [0.717, 1.165) is 55.6 Å². The lowest BCUT2D eigenvalue weighted by Crippen LogP contribution is -2.50. The van der Waals surface area contributed by atoms with Crippen molar-refractivity contribution in [1.82, 2.24) is 51.4 Å². The molecule has 1 fully saturated rings. The van der Waals surface area contributed by atoms with Gasteiger partial charge in [0.2, 0.25) is 23.6 Å². The third kappa shape index (κ3) is 17.0. The number of anilines is 1. The minimum Gasteiger partial charge on any atom is -0.484 e. The number of aryl methyl sites for hydroxylation is 2. The van der Waals surface area contributed by atoms with Crippen LogP contribution in [0.25, 0.3) is 44.1 Å². The number of nitrogen functional groups attached to an aromatic ring is 1. The van der Waals surface area contributed by atoms with Crippen LogP contribution < -0.4 is 41.8 Å². The number of halogens is 2. The Balaban J connectivity index is 0.802. The van der Waals surface area contributed by atoms with Crippen LogP contribution in [0.1, 0.15) is 46.4 Å². The number of aromatic nitrogens is 4. The van der Waals surface area contributed by atoms with Crippen molar-refractivity contribution in [2.24, 2.45) is 0 Å². The van der Waals surface area contributed by atoms with Gasteiger partial charge in [0.15, 0.2) is 6.61 Å². The van der Waals surface area contributed by atoms with Gasteiger partial charge in [0, 0.05) is 90.7 Å². The number of carbonyl (C=O) groups excluding carboxylic acids is 6. The first kappa shape index (κ1) is 60.9. The van der Waals surface area contributed by atoms with E-state index in [1.165, 1.54) is 53.1 Å². The lowest BCUT2D eigenvalue weighted by molar-refractivity contribution is -0.131.